The number of rotatable bonds is 3. The first kappa shape index (κ1) is 12.0. The fourth-order valence-electron chi connectivity index (χ4n) is 1.48. The van der Waals surface area contributed by atoms with Crippen LogP contribution in [0, 0.1) is 6.92 Å². The average molecular weight is 217 g/mol. The van der Waals surface area contributed by atoms with Gasteiger partial charge < -0.3 is 5.73 Å². The second-order valence-corrected chi connectivity index (χ2v) is 3.58. The molecule has 4 heteroatoms. The van der Waals surface area contributed by atoms with Crippen molar-refractivity contribution in [1.29, 1.82) is 0 Å². The highest BCUT2D eigenvalue weighted by molar-refractivity contribution is 5.25. The summed E-state index contributed by atoms with van der Waals surface area (Å²) in [4.78, 5) is 0. The van der Waals surface area contributed by atoms with Crippen molar-refractivity contribution in [3.05, 3.63) is 35.4 Å². The van der Waals surface area contributed by atoms with Crippen molar-refractivity contribution >= 4 is 0 Å². The van der Waals surface area contributed by atoms with Crippen LogP contribution in [0.3, 0.4) is 0 Å². The molecule has 1 aromatic carbocycles. The van der Waals surface area contributed by atoms with E-state index in [-0.39, 0.29) is 13.0 Å². The molecular weight excluding hydrogens is 203 g/mol. The van der Waals surface area contributed by atoms with Crippen LogP contribution in [0.5, 0.6) is 0 Å². The van der Waals surface area contributed by atoms with Gasteiger partial charge in [-0.25, -0.2) is 0 Å². The van der Waals surface area contributed by atoms with Gasteiger partial charge in [-0.2, -0.15) is 13.2 Å². The predicted molar refractivity (Wildman–Crippen MR) is 53.6 cm³/mol. The summed E-state index contributed by atoms with van der Waals surface area (Å²) >= 11 is 0. The molecule has 15 heavy (non-hydrogen) atoms. The van der Waals surface area contributed by atoms with Crippen LogP contribution in [0.1, 0.15) is 23.5 Å². The number of benzene rings is 1. The topological polar surface area (TPSA) is 26.0 Å². The summed E-state index contributed by atoms with van der Waals surface area (Å²) in [5.74, 6) is -1.44. The van der Waals surface area contributed by atoms with Crippen LogP contribution in [0.2, 0.25) is 0 Å². The van der Waals surface area contributed by atoms with E-state index in [0.29, 0.717) is 5.56 Å². The number of nitrogens with two attached hydrogens (primary N) is 1. The van der Waals surface area contributed by atoms with E-state index < -0.39 is 12.1 Å². The standard InChI is InChI=1S/C11H14F3N/c1-8-2-4-9(5-3-8)10(6-7-15)11(12,13)14/h2-5,10H,6-7,15H2,1H3. The molecule has 0 radical (unpaired) electrons. The smallest absolute Gasteiger partial charge is 0.330 e. The summed E-state index contributed by atoms with van der Waals surface area (Å²) < 4.78 is 37.9. The fourth-order valence-corrected chi connectivity index (χ4v) is 1.48. The highest BCUT2D eigenvalue weighted by atomic mass is 19.4. The highest BCUT2D eigenvalue weighted by Gasteiger charge is 2.39. The van der Waals surface area contributed by atoms with Crippen molar-refractivity contribution in [3.8, 4) is 0 Å². The van der Waals surface area contributed by atoms with Gasteiger partial charge in [-0.15, -0.1) is 0 Å². The van der Waals surface area contributed by atoms with E-state index in [1.54, 1.807) is 12.1 Å². The Morgan fingerprint density at radius 1 is 1.20 bits per heavy atom. The Balaban J connectivity index is 2.94. The van der Waals surface area contributed by atoms with Crippen molar-refractivity contribution in [1.82, 2.24) is 0 Å². The molecule has 1 unspecified atom stereocenters. The van der Waals surface area contributed by atoms with Gasteiger partial charge in [0.2, 0.25) is 0 Å². The number of hydrogen-bond acceptors (Lipinski definition) is 1. The van der Waals surface area contributed by atoms with Crippen molar-refractivity contribution < 1.29 is 13.2 Å². The predicted octanol–water partition coefficient (Wildman–Crippen LogP) is 2.99. The normalized spacial score (nSPS) is 13.9. The summed E-state index contributed by atoms with van der Waals surface area (Å²) in [7, 11) is 0. The lowest BCUT2D eigenvalue weighted by Gasteiger charge is -2.20. The van der Waals surface area contributed by atoms with Crippen molar-refractivity contribution in [2.75, 3.05) is 6.54 Å². The van der Waals surface area contributed by atoms with Gasteiger partial charge in [-0.3, -0.25) is 0 Å². The van der Waals surface area contributed by atoms with Crippen molar-refractivity contribution in [2.24, 2.45) is 5.73 Å². The Bertz CT molecular complexity index is 303. The third kappa shape index (κ3) is 3.23. The van der Waals surface area contributed by atoms with Crippen LogP contribution < -0.4 is 5.73 Å². The number of hydrogen-bond donors (Lipinski definition) is 1. The Morgan fingerprint density at radius 3 is 2.13 bits per heavy atom. The summed E-state index contributed by atoms with van der Waals surface area (Å²) in [5.41, 5.74) is 6.43. The Hall–Kier alpha value is -1.03. The van der Waals surface area contributed by atoms with E-state index in [1.165, 1.54) is 12.1 Å². The minimum absolute atomic E-state index is 0.0397. The lowest BCUT2D eigenvalue weighted by atomic mass is 9.94. The summed E-state index contributed by atoms with van der Waals surface area (Å²) in [6.07, 6.45) is -4.28. The van der Waals surface area contributed by atoms with Gasteiger partial charge in [0, 0.05) is 0 Å². The second kappa shape index (κ2) is 4.66. The fraction of sp³-hybridized carbons (Fsp3) is 0.455. The molecule has 1 aromatic rings. The van der Waals surface area contributed by atoms with Crippen molar-refractivity contribution in [2.45, 2.75) is 25.4 Å². The van der Waals surface area contributed by atoms with Crippen LogP contribution in [-0.4, -0.2) is 12.7 Å². The summed E-state index contributed by atoms with van der Waals surface area (Å²) in [5, 5.41) is 0. The largest absolute Gasteiger partial charge is 0.395 e. The molecule has 1 rings (SSSR count). The van der Waals surface area contributed by atoms with E-state index in [2.05, 4.69) is 0 Å². The van der Waals surface area contributed by atoms with E-state index in [4.69, 9.17) is 5.73 Å². The summed E-state index contributed by atoms with van der Waals surface area (Å²) in [6, 6.07) is 6.40. The maximum absolute atomic E-state index is 12.6. The molecule has 84 valence electrons. The zero-order chi connectivity index (χ0) is 11.5. The molecule has 0 saturated heterocycles. The first-order valence-corrected chi connectivity index (χ1v) is 4.78. The van der Waals surface area contributed by atoms with Gasteiger partial charge in [0.05, 0.1) is 5.92 Å². The molecule has 0 heterocycles. The van der Waals surface area contributed by atoms with Gasteiger partial charge in [0.1, 0.15) is 0 Å². The van der Waals surface area contributed by atoms with Crippen LogP contribution >= 0.6 is 0 Å². The van der Waals surface area contributed by atoms with Crippen LogP contribution in [0.15, 0.2) is 24.3 Å². The quantitative estimate of drug-likeness (QED) is 0.827. The molecule has 0 aromatic heterocycles. The van der Waals surface area contributed by atoms with E-state index in [1.807, 2.05) is 6.92 Å². The molecule has 1 atom stereocenters. The summed E-state index contributed by atoms with van der Waals surface area (Å²) in [6.45, 7) is 1.88. The van der Waals surface area contributed by atoms with Gasteiger partial charge in [0.25, 0.3) is 0 Å². The van der Waals surface area contributed by atoms with Crippen LogP contribution in [0.25, 0.3) is 0 Å². The lowest BCUT2D eigenvalue weighted by Crippen LogP contribution is -2.23. The lowest BCUT2D eigenvalue weighted by molar-refractivity contribution is -0.151. The molecule has 0 fully saturated rings. The molecule has 0 aliphatic heterocycles. The van der Waals surface area contributed by atoms with Crippen molar-refractivity contribution in [3.63, 3.8) is 0 Å². The third-order valence-electron chi connectivity index (χ3n) is 2.33. The van der Waals surface area contributed by atoms with Gasteiger partial charge in [-0.1, -0.05) is 29.8 Å². The van der Waals surface area contributed by atoms with Gasteiger partial charge >= 0.3 is 6.18 Å². The zero-order valence-electron chi connectivity index (χ0n) is 8.51. The Kier molecular flexibility index (Phi) is 3.74. The number of alkyl halides is 3. The Morgan fingerprint density at radius 2 is 1.73 bits per heavy atom. The van der Waals surface area contributed by atoms with E-state index in [9.17, 15) is 13.2 Å². The monoisotopic (exact) mass is 217 g/mol. The van der Waals surface area contributed by atoms with Gasteiger partial charge in [0.15, 0.2) is 0 Å². The molecule has 0 bridgehead atoms. The molecule has 0 aliphatic carbocycles. The SMILES string of the molecule is Cc1ccc(C(CCN)C(F)(F)F)cc1. The second-order valence-electron chi connectivity index (χ2n) is 3.58. The van der Waals surface area contributed by atoms with E-state index >= 15 is 0 Å². The van der Waals surface area contributed by atoms with Gasteiger partial charge in [-0.05, 0) is 25.5 Å². The zero-order valence-corrected chi connectivity index (χ0v) is 8.51. The maximum atomic E-state index is 12.6. The molecule has 2 N–H and O–H groups in total. The minimum Gasteiger partial charge on any atom is -0.330 e. The molecule has 0 amide bonds. The number of halogens is 3. The average Bonchev–Trinajstić information content (AvgIpc) is 2.14. The van der Waals surface area contributed by atoms with Crippen LogP contribution in [-0.2, 0) is 0 Å². The first-order valence-electron chi connectivity index (χ1n) is 4.78. The minimum atomic E-state index is -4.21. The third-order valence-corrected chi connectivity index (χ3v) is 2.33. The van der Waals surface area contributed by atoms with Crippen LogP contribution in [0.4, 0.5) is 13.2 Å². The molecular formula is C11H14F3N. The first-order chi connectivity index (χ1) is 6.95. The molecule has 1 nitrogen and oxygen atoms in total. The molecule has 0 saturated carbocycles. The Labute approximate surface area is 87.1 Å². The maximum Gasteiger partial charge on any atom is 0.395 e. The molecule has 0 spiro atoms. The number of aryl methyl sites for hydroxylation is 1. The highest BCUT2D eigenvalue weighted by Crippen LogP contribution is 2.36. The molecule has 0 aliphatic rings. The van der Waals surface area contributed by atoms with E-state index in [0.717, 1.165) is 5.56 Å².